The molecule has 9 heteroatoms. The molecule has 2 aliphatic heterocycles. The fraction of sp³-hybridized carbons (Fsp3) is 0.733. The average molecular weight is 356 g/mol. The predicted octanol–water partition coefficient (Wildman–Crippen LogP) is 0.123. The third-order valence-electron chi connectivity index (χ3n) is 4.68. The minimum absolute atomic E-state index is 0.0764. The second-order valence-corrected chi connectivity index (χ2v) is 8.62. The molecule has 1 spiro atoms. The van der Waals surface area contributed by atoms with Gasteiger partial charge in [0.05, 0.1) is 24.5 Å². The normalized spacial score (nSPS) is 27.8. The number of sulfonamides is 1. The number of hydrogen-bond donors (Lipinski definition) is 1. The van der Waals surface area contributed by atoms with Crippen LogP contribution in [0.2, 0.25) is 0 Å². The number of amides is 1. The Hall–Kier alpha value is -1.45. The monoisotopic (exact) mass is 356 g/mol. The van der Waals surface area contributed by atoms with Gasteiger partial charge in [0.25, 0.3) is 5.91 Å². The lowest BCUT2D eigenvalue weighted by Crippen LogP contribution is -2.47. The van der Waals surface area contributed by atoms with Crippen molar-refractivity contribution < 1.29 is 17.9 Å². The minimum atomic E-state index is -3.22. The zero-order chi connectivity index (χ0) is 17.4. The number of ether oxygens (including phenoxy) is 1. The third-order valence-corrected chi connectivity index (χ3v) is 5.38. The Bertz CT molecular complexity index is 717. The summed E-state index contributed by atoms with van der Waals surface area (Å²) < 4.78 is 32.9. The molecule has 2 saturated heterocycles. The Balaban J connectivity index is 1.61. The molecule has 0 radical (unpaired) electrons. The molecule has 0 aromatic carbocycles. The van der Waals surface area contributed by atoms with Crippen LogP contribution >= 0.6 is 0 Å². The first-order chi connectivity index (χ1) is 11.3. The highest BCUT2D eigenvalue weighted by molar-refractivity contribution is 7.88. The molecule has 0 aliphatic carbocycles. The molecule has 0 saturated carbocycles. The summed E-state index contributed by atoms with van der Waals surface area (Å²) in [7, 11) is -1.44. The summed E-state index contributed by atoms with van der Waals surface area (Å²) in [5, 5.41) is 4.17. The molecule has 2 atom stereocenters. The van der Waals surface area contributed by atoms with Crippen LogP contribution in [0.15, 0.2) is 12.3 Å². The van der Waals surface area contributed by atoms with Gasteiger partial charge >= 0.3 is 0 Å². The van der Waals surface area contributed by atoms with E-state index in [1.54, 1.807) is 28.9 Å². The highest BCUT2D eigenvalue weighted by Gasteiger charge is 2.44. The van der Waals surface area contributed by atoms with E-state index in [0.29, 0.717) is 18.8 Å². The second kappa shape index (κ2) is 6.45. The molecular formula is C15H24N4O4S. The fourth-order valence-corrected chi connectivity index (χ4v) is 4.01. The molecule has 1 amide bonds. The number of aromatic nitrogens is 2. The molecule has 0 bridgehead atoms. The minimum Gasteiger partial charge on any atom is -0.368 e. The number of likely N-dealkylation sites (tertiary alicyclic amines) is 1. The molecule has 2 aliphatic rings. The molecule has 134 valence electrons. The van der Waals surface area contributed by atoms with E-state index >= 15 is 0 Å². The van der Waals surface area contributed by atoms with Crippen LogP contribution in [0.25, 0.3) is 0 Å². The highest BCUT2D eigenvalue weighted by Crippen LogP contribution is 2.36. The Kier molecular flexibility index (Phi) is 4.67. The summed E-state index contributed by atoms with van der Waals surface area (Å²) >= 11 is 0. The summed E-state index contributed by atoms with van der Waals surface area (Å²) in [4.78, 5) is 14.3. The van der Waals surface area contributed by atoms with Crippen LogP contribution in [0.5, 0.6) is 0 Å². The van der Waals surface area contributed by atoms with E-state index in [2.05, 4.69) is 9.82 Å². The van der Waals surface area contributed by atoms with E-state index in [1.807, 2.05) is 0 Å². The number of carbonyl (C=O) groups is 1. The Morgan fingerprint density at radius 1 is 1.50 bits per heavy atom. The van der Waals surface area contributed by atoms with Crippen LogP contribution < -0.4 is 4.72 Å². The van der Waals surface area contributed by atoms with Gasteiger partial charge in [-0.1, -0.05) is 0 Å². The van der Waals surface area contributed by atoms with Gasteiger partial charge in [-0.3, -0.25) is 9.48 Å². The lowest BCUT2D eigenvalue weighted by atomic mass is 9.90. The van der Waals surface area contributed by atoms with Crippen molar-refractivity contribution in [2.45, 2.75) is 37.4 Å². The van der Waals surface area contributed by atoms with Crippen molar-refractivity contribution in [2.75, 3.05) is 25.9 Å². The highest BCUT2D eigenvalue weighted by atomic mass is 32.2. The molecule has 2 fully saturated rings. The van der Waals surface area contributed by atoms with Crippen molar-refractivity contribution in [3.8, 4) is 0 Å². The van der Waals surface area contributed by atoms with E-state index in [0.717, 1.165) is 31.9 Å². The average Bonchev–Trinajstić information content (AvgIpc) is 3.11. The number of aryl methyl sites for hydroxylation is 1. The first kappa shape index (κ1) is 17.4. The molecule has 8 nitrogen and oxygen atoms in total. The predicted molar refractivity (Wildman–Crippen MR) is 88.0 cm³/mol. The van der Waals surface area contributed by atoms with E-state index < -0.39 is 10.0 Å². The first-order valence-corrected chi connectivity index (χ1v) is 10.1. The van der Waals surface area contributed by atoms with Gasteiger partial charge in [-0.2, -0.15) is 5.10 Å². The molecule has 1 aromatic heterocycles. The quantitative estimate of drug-likeness (QED) is 0.827. The number of hydrogen-bond acceptors (Lipinski definition) is 5. The van der Waals surface area contributed by atoms with Crippen molar-refractivity contribution in [3.05, 3.63) is 18.0 Å². The lowest BCUT2D eigenvalue weighted by molar-refractivity contribution is -0.116. The Labute approximate surface area is 142 Å². The SMILES string of the molecule is Cn1ccc(C(=O)N2CC[C@]3(CCC[C@@H](CNS(C)(=O)=O)O3)C2)n1. The van der Waals surface area contributed by atoms with Gasteiger partial charge in [0.15, 0.2) is 0 Å². The Morgan fingerprint density at radius 3 is 2.96 bits per heavy atom. The van der Waals surface area contributed by atoms with Gasteiger partial charge in [0.1, 0.15) is 5.69 Å². The molecule has 1 N–H and O–H groups in total. The van der Waals surface area contributed by atoms with E-state index in [-0.39, 0.29) is 24.2 Å². The van der Waals surface area contributed by atoms with Crippen molar-refractivity contribution in [1.82, 2.24) is 19.4 Å². The van der Waals surface area contributed by atoms with Crippen LogP contribution in [0, 0.1) is 0 Å². The van der Waals surface area contributed by atoms with Gasteiger partial charge in [-0.25, -0.2) is 13.1 Å². The molecule has 0 unspecified atom stereocenters. The molecule has 3 heterocycles. The van der Waals surface area contributed by atoms with Gasteiger partial charge < -0.3 is 9.64 Å². The van der Waals surface area contributed by atoms with Gasteiger partial charge in [0, 0.05) is 26.3 Å². The van der Waals surface area contributed by atoms with Crippen molar-refractivity contribution >= 4 is 15.9 Å². The number of nitrogens with zero attached hydrogens (tertiary/aromatic N) is 3. The van der Waals surface area contributed by atoms with Crippen LogP contribution in [0.3, 0.4) is 0 Å². The van der Waals surface area contributed by atoms with Crippen molar-refractivity contribution in [3.63, 3.8) is 0 Å². The van der Waals surface area contributed by atoms with Gasteiger partial charge in [0.2, 0.25) is 10.0 Å². The third kappa shape index (κ3) is 3.96. The van der Waals surface area contributed by atoms with Crippen LogP contribution in [-0.2, 0) is 21.8 Å². The molecule has 3 rings (SSSR count). The molecular weight excluding hydrogens is 332 g/mol. The topological polar surface area (TPSA) is 93.5 Å². The van der Waals surface area contributed by atoms with Crippen molar-refractivity contribution in [2.24, 2.45) is 7.05 Å². The number of rotatable bonds is 4. The van der Waals surface area contributed by atoms with Gasteiger partial charge in [-0.15, -0.1) is 0 Å². The Morgan fingerprint density at radius 2 is 2.29 bits per heavy atom. The summed E-state index contributed by atoms with van der Waals surface area (Å²) in [5.74, 6) is -0.0764. The van der Waals surface area contributed by atoms with E-state index in [9.17, 15) is 13.2 Å². The molecule has 1 aromatic rings. The first-order valence-electron chi connectivity index (χ1n) is 8.18. The zero-order valence-corrected chi connectivity index (χ0v) is 14.9. The zero-order valence-electron chi connectivity index (χ0n) is 14.1. The van der Waals surface area contributed by atoms with Crippen LogP contribution in [-0.4, -0.2) is 66.6 Å². The smallest absolute Gasteiger partial charge is 0.274 e. The van der Waals surface area contributed by atoms with E-state index in [4.69, 9.17) is 4.74 Å². The van der Waals surface area contributed by atoms with Crippen LogP contribution in [0.4, 0.5) is 0 Å². The van der Waals surface area contributed by atoms with Crippen LogP contribution in [0.1, 0.15) is 36.2 Å². The molecule has 24 heavy (non-hydrogen) atoms. The largest absolute Gasteiger partial charge is 0.368 e. The summed E-state index contributed by atoms with van der Waals surface area (Å²) in [6.45, 7) is 1.47. The number of carbonyl (C=O) groups excluding carboxylic acids is 1. The summed E-state index contributed by atoms with van der Waals surface area (Å²) in [5.41, 5.74) is 0.0904. The standard InChI is InChI=1S/C15H24N4O4S/c1-18-8-5-13(17-18)14(20)19-9-7-15(11-19)6-3-4-12(23-15)10-16-24(2,21)22/h5,8,12,16H,3-4,6-7,9-11H2,1-2H3/t12-,15+/m0/s1. The maximum absolute atomic E-state index is 12.5. The summed E-state index contributed by atoms with van der Waals surface area (Å²) in [6.07, 6.45) is 6.24. The van der Waals surface area contributed by atoms with E-state index in [1.165, 1.54) is 0 Å². The maximum atomic E-state index is 12.5. The van der Waals surface area contributed by atoms with Crippen molar-refractivity contribution in [1.29, 1.82) is 0 Å². The summed E-state index contributed by atoms with van der Waals surface area (Å²) in [6, 6.07) is 1.72. The number of nitrogens with one attached hydrogen (secondary N) is 1. The maximum Gasteiger partial charge on any atom is 0.274 e. The second-order valence-electron chi connectivity index (χ2n) is 6.79. The fourth-order valence-electron chi connectivity index (χ4n) is 3.52. The lowest BCUT2D eigenvalue weighted by Gasteiger charge is -2.38. The van der Waals surface area contributed by atoms with Gasteiger partial charge in [-0.05, 0) is 31.7 Å².